The van der Waals surface area contributed by atoms with Gasteiger partial charge in [-0.3, -0.25) is 10.1 Å². The van der Waals surface area contributed by atoms with E-state index < -0.39 is 0 Å². The Balaban J connectivity index is 1.29. The second kappa shape index (κ2) is 11.8. The molecule has 1 heterocycles. The van der Waals surface area contributed by atoms with Gasteiger partial charge >= 0.3 is 0 Å². The van der Waals surface area contributed by atoms with Crippen LogP contribution in [0.15, 0.2) is 71.1 Å². The number of hydrogen-bond acceptors (Lipinski definition) is 5. The van der Waals surface area contributed by atoms with Crippen LogP contribution in [0.25, 0.3) is 22.6 Å². The molecule has 0 aliphatic rings. The maximum atomic E-state index is 12.5. The zero-order valence-corrected chi connectivity index (χ0v) is 21.7. The van der Waals surface area contributed by atoms with E-state index in [0.29, 0.717) is 30.5 Å². The van der Waals surface area contributed by atoms with Crippen molar-refractivity contribution >= 4 is 34.3 Å². The van der Waals surface area contributed by atoms with Crippen molar-refractivity contribution in [3.05, 3.63) is 83.4 Å². The summed E-state index contributed by atoms with van der Waals surface area (Å²) >= 11 is 5.30. The van der Waals surface area contributed by atoms with Gasteiger partial charge in [-0.1, -0.05) is 45.4 Å². The van der Waals surface area contributed by atoms with E-state index in [1.165, 1.54) is 5.56 Å². The zero-order chi connectivity index (χ0) is 25.5. The fraction of sp³-hybridized carbons (Fsp3) is 0.276. The minimum Gasteiger partial charge on any atom is -0.494 e. The van der Waals surface area contributed by atoms with Crippen LogP contribution in [-0.4, -0.2) is 22.6 Å². The summed E-state index contributed by atoms with van der Waals surface area (Å²) in [5.74, 6) is 1.52. The van der Waals surface area contributed by atoms with Crippen LogP contribution >= 0.6 is 12.2 Å². The number of nitrogens with one attached hydrogen (secondary N) is 2. The fourth-order valence-corrected chi connectivity index (χ4v) is 3.80. The van der Waals surface area contributed by atoms with Crippen molar-refractivity contribution in [3.8, 4) is 17.2 Å². The highest BCUT2D eigenvalue weighted by atomic mass is 32.1. The molecular formula is C29H31N3O3S. The number of hydrogen-bond donors (Lipinski definition) is 2. The Morgan fingerprint density at radius 1 is 1.06 bits per heavy atom. The fourth-order valence-electron chi connectivity index (χ4n) is 3.63. The van der Waals surface area contributed by atoms with Gasteiger partial charge in [0.2, 0.25) is 5.89 Å². The lowest BCUT2D eigenvalue weighted by atomic mass is 10.0. The van der Waals surface area contributed by atoms with Gasteiger partial charge in [0.1, 0.15) is 11.3 Å². The summed E-state index contributed by atoms with van der Waals surface area (Å²) < 4.78 is 11.6. The van der Waals surface area contributed by atoms with Crippen LogP contribution in [0.3, 0.4) is 0 Å². The van der Waals surface area contributed by atoms with Gasteiger partial charge < -0.3 is 14.5 Å². The van der Waals surface area contributed by atoms with E-state index in [2.05, 4.69) is 48.5 Å². The second-order valence-corrected chi connectivity index (χ2v) is 9.37. The number of carbonyl (C=O) groups is 1. The van der Waals surface area contributed by atoms with E-state index in [-0.39, 0.29) is 11.0 Å². The maximum Gasteiger partial charge on any atom is 0.257 e. The van der Waals surface area contributed by atoms with Crippen LogP contribution in [0.5, 0.6) is 5.75 Å². The summed E-state index contributed by atoms with van der Waals surface area (Å²) in [5, 5.41) is 6.07. The largest absolute Gasteiger partial charge is 0.494 e. The molecule has 4 aromatic rings. The number of fused-ring (bicyclic) bond motifs is 1. The summed E-state index contributed by atoms with van der Waals surface area (Å²) in [5.41, 5.74) is 5.31. The van der Waals surface area contributed by atoms with Crippen molar-refractivity contribution < 1.29 is 13.9 Å². The molecule has 0 saturated carbocycles. The Kier molecular flexibility index (Phi) is 8.33. The number of unbranched alkanes of at least 4 members (excludes halogenated alkanes) is 1. The van der Waals surface area contributed by atoms with E-state index in [1.54, 1.807) is 24.3 Å². The first-order valence-electron chi connectivity index (χ1n) is 12.2. The second-order valence-electron chi connectivity index (χ2n) is 8.96. The molecule has 1 aromatic heterocycles. The monoisotopic (exact) mass is 501 g/mol. The number of nitrogens with zero attached hydrogens (tertiary/aromatic N) is 1. The van der Waals surface area contributed by atoms with E-state index >= 15 is 0 Å². The normalized spacial score (nSPS) is 11.0. The highest BCUT2D eigenvalue weighted by molar-refractivity contribution is 7.80. The number of rotatable bonds is 9. The Hall–Kier alpha value is -3.71. The first-order valence-corrected chi connectivity index (χ1v) is 12.7. The van der Waals surface area contributed by atoms with Gasteiger partial charge in [0.15, 0.2) is 10.7 Å². The highest BCUT2D eigenvalue weighted by Gasteiger charge is 2.11. The van der Waals surface area contributed by atoms with E-state index in [9.17, 15) is 4.79 Å². The van der Waals surface area contributed by atoms with Crippen LogP contribution in [0.1, 0.15) is 61.0 Å². The molecule has 186 valence electrons. The predicted molar refractivity (Wildman–Crippen MR) is 147 cm³/mol. The molecule has 1 amide bonds. The van der Waals surface area contributed by atoms with Crippen LogP contribution < -0.4 is 15.4 Å². The summed E-state index contributed by atoms with van der Waals surface area (Å²) in [7, 11) is 0. The molecule has 36 heavy (non-hydrogen) atoms. The molecule has 6 nitrogen and oxygen atoms in total. The van der Waals surface area contributed by atoms with Gasteiger partial charge in [-0.2, -0.15) is 0 Å². The molecule has 0 saturated heterocycles. The summed E-state index contributed by atoms with van der Waals surface area (Å²) in [6.45, 7) is 7.59. The minimum absolute atomic E-state index is 0.264. The molecule has 0 aliphatic heterocycles. The van der Waals surface area contributed by atoms with Crippen molar-refractivity contribution in [2.24, 2.45) is 0 Å². The van der Waals surface area contributed by atoms with Gasteiger partial charge in [0, 0.05) is 17.7 Å². The van der Waals surface area contributed by atoms with Crippen LogP contribution in [0.2, 0.25) is 0 Å². The number of benzene rings is 3. The molecule has 2 N–H and O–H groups in total. The number of thiocarbonyl (C=S) groups is 1. The lowest BCUT2D eigenvalue weighted by molar-refractivity contribution is 0.0976. The smallest absolute Gasteiger partial charge is 0.257 e. The van der Waals surface area contributed by atoms with Crippen LogP contribution in [-0.2, 0) is 6.54 Å². The van der Waals surface area contributed by atoms with E-state index in [0.717, 1.165) is 40.8 Å². The Morgan fingerprint density at radius 2 is 1.81 bits per heavy atom. The third-order valence-corrected chi connectivity index (χ3v) is 6.09. The summed E-state index contributed by atoms with van der Waals surface area (Å²) in [4.78, 5) is 17.1. The third kappa shape index (κ3) is 6.49. The first-order chi connectivity index (χ1) is 17.4. The Bertz CT molecular complexity index is 1330. The minimum atomic E-state index is -0.264. The molecule has 4 rings (SSSR count). The molecule has 7 heteroatoms. The van der Waals surface area contributed by atoms with Crippen molar-refractivity contribution in [1.29, 1.82) is 0 Å². The molecule has 0 atom stereocenters. The molecule has 0 bridgehead atoms. The summed E-state index contributed by atoms with van der Waals surface area (Å²) in [6.07, 6.45) is 2.08. The predicted octanol–water partition coefficient (Wildman–Crippen LogP) is 6.60. The Labute approximate surface area is 217 Å². The average molecular weight is 502 g/mol. The van der Waals surface area contributed by atoms with Gasteiger partial charge in [0.25, 0.3) is 5.91 Å². The molecule has 0 spiro atoms. The molecule has 0 aliphatic carbocycles. The van der Waals surface area contributed by atoms with Gasteiger partial charge in [-0.25, -0.2) is 4.98 Å². The average Bonchev–Trinajstić information content (AvgIpc) is 3.32. The number of aromatic nitrogens is 1. The van der Waals surface area contributed by atoms with E-state index in [1.807, 2.05) is 30.3 Å². The SMILES string of the molecule is CCCCOc1ccc(C(=O)NC(=S)NCc2ccc(-c3nc4cc(C(C)C)ccc4o3)cc2)cc1. The number of ether oxygens (including phenoxy) is 1. The van der Waals surface area contributed by atoms with Crippen molar-refractivity contribution in [2.45, 2.75) is 46.1 Å². The van der Waals surface area contributed by atoms with E-state index in [4.69, 9.17) is 21.4 Å². The van der Waals surface area contributed by atoms with Gasteiger partial charge in [-0.15, -0.1) is 0 Å². The molecule has 3 aromatic carbocycles. The van der Waals surface area contributed by atoms with Crippen molar-refractivity contribution in [1.82, 2.24) is 15.6 Å². The Morgan fingerprint density at radius 3 is 2.50 bits per heavy atom. The maximum absolute atomic E-state index is 12.5. The lowest BCUT2D eigenvalue weighted by Crippen LogP contribution is -2.38. The molecule has 0 fully saturated rings. The van der Waals surface area contributed by atoms with Crippen LogP contribution in [0.4, 0.5) is 0 Å². The standard InChI is InChI=1S/C29H31N3O3S/c1-4-5-16-34-24-13-10-21(11-14-24)27(33)32-29(36)30-18-20-6-8-22(9-7-20)28-31-25-17-23(19(2)3)12-15-26(25)35-28/h6-15,17,19H,4-5,16,18H2,1-3H3,(H2,30,32,33,36). The molecule has 0 radical (unpaired) electrons. The quantitative estimate of drug-likeness (QED) is 0.199. The number of carbonyl (C=O) groups excluding carboxylic acids is 1. The van der Waals surface area contributed by atoms with Gasteiger partial charge in [-0.05, 0) is 84.2 Å². The van der Waals surface area contributed by atoms with Crippen LogP contribution in [0, 0.1) is 0 Å². The first kappa shape index (κ1) is 25.4. The van der Waals surface area contributed by atoms with Gasteiger partial charge in [0.05, 0.1) is 6.61 Å². The highest BCUT2D eigenvalue weighted by Crippen LogP contribution is 2.27. The number of oxazole rings is 1. The third-order valence-electron chi connectivity index (χ3n) is 5.84. The molecule has 0 unspecified atom stereocenters. The zero-order valence-electron chi connectivity index (χ0n) is 20.8. The summed E-state index contributed by atoms with van der Waals surface area (Å²) in [6, 6.07) is 21.1. The van der Waals surface area contributed by atoms with Crippen molar-refractivity contribution in [3.63, 3.8) is 0 Å². The topological polar surface area (TPSA) is 76.4 Å². The molecular weight excluding hydrogens is 470 g/mol. The lowest BCUT2D eigenvalue weighted by Gasteiger charge is -2.10. The van der Waals surface area contributed by atoms with Crippen molar-refractivity contribution in [2.75, 3.05) is 6.61 Å². The number of amides is 1.